The van der Waals surface area contributed by atoms with Gasteiger partial charge in [0, 0.05) is 13.0 Å². The van der Waals surface area contributed by atoms with Crippen molar-refractivity contribution < 1.29 is 4.52 Å². The van der Waals surface area contributed by atoms with E-state index in [0.29, 0.717) is 23.2 Å². The molecule has 96 valence electrons. The molecule has 2 N–H and O–H groups in total. The van der Waals surface area contributed by atoms with Gasteiger partial charge in [0.2, 0.25) is 0 Å². The van der Waals surface area contributed by atoms with Gasteiger partial charge in [-0.3, -0.25) is 4.68 Å². The van der Waals surface area contributed by atoms with Crippen molar-refractivity contribution in [2.24, 2.45) is 7.05 Å². The van der Waals surface area contributed by atoms with Gasteiger partial charge in [-0.2, -0.15) is 10.1 Å². The Labute approximate surface area is 105 Å². The lowest BCUT2D eigenvalue weighted by molar-refractivity contribution is 0.385. The Morgan fingerprint density at radius 2 is 2.11 bits per heavy atom. The van der Waals surface area contributed by atoms with E-state index in [1.54, 1.807) is 17.9 Å². The second-order valence-electron chi connectivity index (χ2n) is 4.86. The van der Waals surface area contributed by atoms with E-state index >= 15 is 0 Å². The molecular formula is C12H17N5O. The zero-order valence-electron chi connectivity index (χ0n) is 10.5. The van der Waals surface area contributed by atoms with Gasteiger partial charge in [-0.25, -0.2) is 0 Å². The van der Waals surface area contributed by atoms with Crippen molar-refractivity contribution in [2.45, 2.75) is 38.0 Å². The molecule has 6 heteroatoms. The molecule has 0 aliphatic heterocycles. The summed E-state index contributed by atoms with van der Waals surface area (Å²) >= 11 is 0. The Bertz CT molecular complexity index is 538. The summed E-state index contributed by atoms with van der Waals surface area (Å²) in [5, 5.41) is 8.17. The van der Waals surface area contributed by atoms with Crippen LogP contribution in [0.5, 0.6) is 0 Å². The molecule has 0 aromatic carbocycles. The molecule has 0 bridgehead atoms. The first kappa shape index (κ1) is 11.3. The molecular weight excluding hydrogens is 230 g/mol. The number of aromatic nitrogens is 4. The number of nitrogens with zero attached hydrogens (tertiary/aromatic N) is 4. The highest BCUT2D eigenvalue weighted by atomic mass is 16.5. The maximum Gasteiger partial charge on any atom is 0.263 e. The monoisotopic (exact) mass is 247 g/mol. The van der Waals surface area contributed by atoms with Crippen molar-refractivity contribution in [3.63, 3.8) is 0 Å². The topological polar surface area (TPSA) is 82.8 Å². The van der Waals surface area contributed by atoms with E-state index in [4.69, 9.17) is 10.3 Å². The third kappa shape index (κ3) is 1.87. The number of hydrogen-bond donors (Lipinski definition) is 1. The van der Waals surface area contributed by atoms with Crippen LogP contribution in [0, 0.1) is 0 Å². The lowest BCUT2D eigenvalue weighted by Gasteiger charge is -2.17. The van der Waals surface area contributed by atoms with Gasteiger partial charge in [-0.05, 0) is 12.8 Å². The van der Waals surface area contributed by atoms with Crippen molar-refractivity contribution in [1.29, 1.82) is 0 Å². The van der Waals surface area contributed by atoms with Crippen LogP contribution in [0.2, 0.25) is 0 Å². The molecule has 2 aromatic heterocycles. The molecule has 2 aromatic rings. The van der Waals surface area contributed by atoms with Crippen molar-refractivity contribution in [3.8, 4) is 11.5 Å². The molecule has 0 unspecified atom stereocenters. The highest BCUT2D eigenvalue weighted by molar-refractivity contribution is 5.66. The van der Waals surface area contributed by atoms with Crippen molar-refractivity contribution in [1.82, 2.24) is 19.9 Å². The molecule has 1 aliphatic carbocycles. The van der Waals surface area contributed by atoms with Crippen molar-refractivity contribution in [3.05, 3.63) is 12.0 Å². The predicted octanol–water partition coefficient (Wildman–Crippen LogP) is 2.10. The zero-order valence-corrected chi connectivity index (χ0v) is 10.5. The molecule has 0 amide bonds. The van der Waals surface area contributed by atoms with Gasteiger partial charge in [0.1, 0.15) is 11.4 Å². The van der Waals surface area contributed by atoms with Crippen LogP contribution in [-0.2, 0) is 7.05 Å². The van der Waals surface area contributed by atoms with E-state index in [1.807, 2.05) is 0 Å². The highest BCUT2D eigenvalue weighted by Crippen LogP contribution is 2.32. The molecule has 0 spiro atoms. The lowest BCUT2D eigenvalue weighted by Crippen LogP contribution is -2.06. The Morgan fingerprint density at radius 3 is 2.78 bits per heavy atom. The molecule has 6 nitrogen and oxygen atoms in total. The molecule has 3 rings (SSSR count). The van der Waals surface area contributed by atoms with E-state index in [-0.39, 0.29) is 0 Å². The fraction of sp³-hybridized carbons (Fsp3) is 0.583. The fourth-order valence-corrected chi connectivity index (χ4v) is 2.48. The Hall–Kier alpha value is -1.85. The Kier molecular flexibility index (Phi) is 2.77. The maximum absolute atomic E-state index is 5.90. The second-order valence-corrected chi connectivity index (χ2v) is 4.86. The minimum Gasteiger partial charge on any atom is -0.383 e. The number of anilines is 1. The largest absolute Gasteiger partial charge is 0.383 e. The Balaban J connectivity index is 1.87. The average Bonchev–Trinajstić information content (AvgIpc) is 3.00. The highest BCUT2D eigenvalue weighted by Gasteiger charge is 2.22. The number of nitrogens with two attached hydrogens (primary N) is 1. The van der Waals surface area contributed by atoms with Crippen LogP contribution >= 0.6 is 0 Å². The first-order chi connectivity index (χ1) is 8.75. The van der Waals surface area contributed by atoms with Gasteiger partial charge < -0.3 is 10.3 Å². The summed E-state index contributed by atoms with van der Waals surface area (Å²) in [5.41, 5.74) is 6.61. The normalized spacial score (nSPS) is 17.2. The lowest BCUT2D eigenvalue weighted by atomic mass is 9.89. The predicted molar refractivity (Wildman–Crippen MR) is 66.7 cm³/mol. The first-order valence-electron chi connectivity index (χ1n) is 6.37. The molecule has 0 radical (unpaired) electrons. The van der Waals surface area contributed by atoms with Crippen LogP contribution in [0.1, 0.15) is 43.8 Å². The number of nitrogen functional groups attached to an aromatic ring is 1. The third-order valence-electron chi connectivity index (χ3n) is 3.63. The van der Waals surface area contributed by atoms with Gasteiger partial charge in [-0.1, -0.05) is 24.4 Å². The average molecular weight is 247 g/mol. The summed E-state index contributed by atoms with van der Waals surface area (Å²) in [4.78, 5) is 4.47. The summed E-state index contributed by atoms with van der Waals surface area (Å²) < 4.78 is 6.90. The van der Waals surface area contributed by atoms with Crippen LogP contribution in [0.15, 0.2) is 10.7 Å². The summed E-state index contributed by atoms with van der Waals surface area (Å²) in [6.07, 6.45) is 7.79. The molecule has 0 saturated heterocycles. The third-order valence-corrected chi connectivity index (χ3v) is 3.63. The molecule has 1 fully saturated rings. The summed E-state index contributed by atoms with van der Waals surface area (Å²) in [7, 11) is 1.79. The molecule has 0 atom stereocenters. The van der Waals surface area contributed by atoms with Crippen molar-refractivity contribution in [2.75, 3.05) is 5.73 Å². The second kappa shape index (κ2) is 4.44. The van der Waals surface area contributed by atoms with E-state index in [2.05, 4.69) is 15.2 Å². The first-order valence-corrected chi connectivity index (χ1v) is 6.37. The van der Waals surface area contributed by atoms with Gasteiger partial charge in [0.05, 0.1) is 6.20 Å². The zero-order chi connectivity index (χ0) is 12.5. The smallest absolute Gasteiger partial charge is 0.263 e. The van der Waals surface area contributed by atoms with Crippen LogP contribution in [0.3, 0.4) is 0 Å². The van der Waals surface area contributed by atoms with Gasteiger partial charge in [0.25, 0.3) is 5.89 Å². The van der Waals surface area contributed by atoms with Gasteiger partial charge in [-0.15, -0.1) is 0 Å². The fourth-order valence-electron chi connectivity index (χ4n) is 2.48. The van der Waals surface area contributed by atoms with E-state index < -0.39 is 0 Å². The molecule has 1 aliphatic rings. The molecule has 2 heterocycles. The van der Waals surface area contributed by atoms with Crippen LogP contribution in [-0.4, -0.2) is 19.9 Å². The summed E-state index contributed by atoms with van der Waals surface area (Å²) in [6.45, 7) is 0. The minimum absolute atomic E-state index is 0.439. The van der Waals surface area contributed by atoms with E-state index in [1.165, 1.54) is 19.3 Å². The van der Waals surface area contributed by atoms with Crippen LogP contribution in [0.25, 0.3) is 11.5 Å². The van der Waals surface area contributed by atoms with Crippen LogP contribution in [0.4, 0.5) is 5.82 Å². The SMILES string of the molecule is Cn1ncc(-c2nc(C3CCCCC3)no2)c1N. The van der Waals surface area contributed by atoms with Crippen LogP contribution < -0.4 is 5.73 Å². The Morgan fingerprint density at radius 1 is 1.33 bits per heavy atom. The minimum atomic E-state index is 0.439. The van der Waals surface area contributed by atoms with E-state index in [9.17, 15) is 0 Å². The number of aryl methyl sites for hydroxylation is 1. The molecule has 18 heavy (non-hydrogen) atoms. The number of hydrogen-bond acceptors (Lipinski definition) is 5. The van der Waals surface area contributed by atoms with E-state index in [0.717, 1.165) is 18.7 Å². The standard InChI is InChI=1S/C12H17N5O/c1-17-10(13)9(7-14-17)12-15-11(16-18-12)8-5-3-2-4-6-8/h7-8H,2-6,13H2,1H3. The van der Waals surface area contributed by atoms with Crippen molar-refractivity contribution >= 4 is 5.82 Å². The molecule has 1 saturated carbocycles. The number of rotatable bonds is 2. The summed E-state index contributed by atoms with van der Waals surface area (Å²) in [5.74, 6) is 2.28. The van der Waals surface area contributed by atoms with Gasteiger partial charge >= 0.3 is 0 Å². The quantitative estimate of drug-likeness (QED) is 0.878. The summed E-state index contributed by atoms with van der Waals surface area (Å²) in [6, 6.07) is 0. The maximum atomic E-state index is 5.90. The van der Waals surface area contributed by atoms with Gasteiger partial charge in [0.15, 0.2) is 5.82 Å².